The Hall–Kier alpha value is -1.75. The van der Waals surface area contributed by atoms with Gasteiger partial charge in [-0.2, -0.15) is 0 Å². The van der Waals surface area contributed by atoms with Crippen LogP contribution in [0.2, 0.25) is 0 Å². The van der Waals surface area contributed by atoms with E-state index in [1.54, 1.807) is 7.11 Å². The van der Waals surface area contributed by atoms with Crippen LogP contribution in [0.4, 0.5) is 4.79 Å². The van der Waals surface area contributed by atoms with Gasteiger partial charge in [-0.05, 0) is 56.8 Å². The fraction of sp³-hybridized carbons (Fsp3) is 0.667. The Labute approximate surface area is 158 Å². The van der Waals surface area contributed by atoms with Crippen LogP contribution in [0.25, 0.3) is 0 Å². The molecule has 0 saturated carbocycles. The molecule has 5 heteroatoms. The van der Waals surface area contributed by atoms with Crippen molar-refractivity contribution >= 4 is 6.03 Å². The Bertz CT molecular complexity index is 574. The minimum absolute atomic E-state index is 0.0251. The first-order valence-electron chi connectivity index (χ1n) is 9.82. The van der Waals surface area contributed by atoms with Crippen LogP contribution in [0.1, 0.15) is 46.1 Å². The van der Waals surface area contributed by atoms with Gasteiger partial charge in [0.25, 0.3) is 0 Å². The lowest BCUT2D eigenvalue weighted by molar-refractivity contribution is 0.173. The number of rotatable bonds is 8. The van der Waals surface area contributed by atoms with Crippen molar-refractivity contribution in [1.82, 2.24) is 15.1 Å². The Morgan fingerprint density at radius 1 is 1.35 bits per heavy atom. The van der Waals surface area contributed by atoms with Crippen LogP contribution < -0.4 is 10.1 Å². The summed E-state index contributed by atoms with van der Waals surface area (Å²) in [6.07, 6.45) is 2.39. The van der Waals surface area contributed by atoms with E-state index >= 15 is 0 Å². The Morgan fingerprint density at radius 3 is 2.77 bits per heavy atom. The van der Waals surface area contributed by atoms with Crippen LogP contribution in [0, 0.1) is 5.92 Å². The maximum Gasteiger partial charge on any atom is 0.317 e. The summed E-state index contributed by atoms with van der Waals surface area (Å²) in [4.78, 5) is 17.2. The van der Waals surface area contributed by atoms with Crippen LogP contribution >= 0.6 is 0 Å². The lowest BCUT2D eigenvalue weighted by Crippen LogP contribution is -2.47. The molecule has 1 heterocycles. The summed E-state index contributed by atoms with van der Waals surface area (Å²) in [6.45, 7) is 11.9. The van der Waals surface area contributed by atoms with E-state index in [0.29, 0.717) is 24.5 Å². The quantitative estimate of drug-likeness (QED) is 0.767. The number of benzene rings is 1. The van der Waals surface area contributed by atoms with Crippen LogP contribution in [0.5, 0.6) is 5.75 Å². The van der Waals surface area contributed by atoms with Crippen molar-refractivity contribution < 1.29 is 9.53 Å². The Balaban J connectivity index is 1.97. The Kier molecular flexibility index (Phi) is 7.76. The molecule has 146 valence electrons. The number of nitrogens with one attached hydrogen (secondary N) is 1. The van der Waals surface area contributed by atoms with E-state index < -0.39 is 0 Å². The van der Waals surface area contributed by atoms with Crippen LogP contribution in [0.15, 0.2) is 24.3 Å². The molecule has 26 heavy (non-hydrogen) atoms. The number of hydrogen-bond acceptors (Lipinski definition) is 3. The van der Waals surface area contributed by atoms with Gasteiger partial charge in [0, 0.05) is 31.7 Å². The van der Waals surface area contributed by atoms with Gasteiger partial charge in [-0.15, -0.1) is 0 Å². The van der Waals surface area contributed by atoms with Crippen molar-refractivity contribution in [3.8, 4) is 5.75 Å². The molecule has 2 amide bonds. The van der Waals surface area contributed by atoms with Gasteiger partial charge in [0.05, 0.1) is 7.11 Å². The second-order valence-electron chi connectivity index (χ2n) is 7.94. The van der Waals surface area contributed by atoms with Gasteiger partial charge >= 0.3 is 6.03 Å². The highest BCUT2D eigenvalue weighted by Gasteiger charge is 2.27. The minimum atomic E-state index is 0.0251. The number of likely N-dealkylation sites (tertiary alicyclic amines) is 1. The van der Waals surface area contributed by atoms with Crippen molar-refractivity contribution in [2.45, 2.75) is 59.2 Å². The van der Waals surface area contributed by atoms with Gasteiger partial charge in [0.1, 0.15) is 5.75 Å². The normalized spacial score (nSPS) is 17.7. The van der Waals surface area contributed by atoms with Crippen molar-refractivity contribution in [1.29, 1.82) is 0 Å². The zero-order valence-corrected chi connectivity index (χ0v) is 17.0. The largest absolute Gasteiger partial charge is 0.497 e. The molecular weight excluding hydrogens is 326 g/mol. The molecule has 1 aromatic carbocycles. The summed E-state index contributed by atoms with van der Waals surface area (Å²) in [6, 6.07) is 8.95. The second-order valence-corrected chi connectivity index (χ2v) is 7.94. The first-order chi connectivity index (χ1) is 12.4. The lowest BCUT2D eigenvalue weighted by Gasteiger charge is -2.30. The van der Waals surface area contributed by atoms with Crippen molar-refractivity contribution in [3.63, 3.8) is 0 Å². The number of amides is 2. The fourth-order valence-electron chi connectivity index (χ4n) is 3.73. The molecule has 0 radical (unpaired) electrons. The summed E-state index contributed by atoms with van der Waals surface area (Å²) in [5.74, 6) is 1.25. The summed E-state index contributed by atoms with van der Waals surface area (Å²) in [5, 5.41) is 3.18. The number of carbonyl (C=O) groups is 1. The summed E-state index contributed by atoms with van der Waals surface area (Å²) < 4.78 is 5.30. The molecular formula is C21H35N3O2. The molecule has 1 aliphatic heterocycles. The molecule has 5 nitrogen and oxygen atoms in total. The summed E-state index contributed by atoms with van der Waals surface area (Å²) in [7, 11) is 1.67. The third-order valence-electron chi connectivity index (χ3n) is 4.96. The zero-order chi connectivity index (χ0) is 19.1. The molecule has 1 aliphatic rings. The van der Waals surface area contributed by atoms with Gasteiger partial charge in [-0.3, -0.25) is 4.90 Å². The van der Waals surface area contributed by atoms with Gasteiger partial charge in [0.2, 0.25) is 0 Å². The van der Waals surface area contributed by atoms with E-state index in [1.807, 2.05) is 29.2 Å². The molecule has 0 bridgehead atoms. The molecule has 1 unspecified atom stereocenters. The maximum absolute atomic E-state index is 12.8. The molecule has 1 atom stereocenters. The van der Waals surface area contributed by atoms with E-state index in [9.17, 15) is 4.79 Å². The summed E-state index contributed by atoms with van der Waals surface area (Å²) in [5.41, 5.74) is 1.09. The van der Waals surface area contributed by atoms with E-state index in [-0.39, 0.29) is 6.03 Å². The van der Waals surface area contributed by atoms with Crippen molar-refractivity contribution in [3.05, 3.63) is 29.8 Å². The van der Waals surface area contributed by atoms with Crippen LogP contribution in [-0.4, -0.2) is 54.7 Å². The monoisotopic (exact) mass is 361 g/mol. The average molecular weight is 362 g/mol. The molecule has 1 fully saturated rings. The number of hydrogen-bond donors (Lipinski definition) is 1. The number of nitrogens with zero attached hydrogens (tertiary/aromatic N) is 2. The fourth-order valence-corrected chi connectivity index (χ4v) is 3.73. The second kappa shape index (κ2) is 9.81. The molecule has 1 saturated heterocycles. The number of carbonyl (C=O) groups excluding carboxylic acids is 1. The van der Waals surface area contributed by atoms with Crippen LogP contribution in [0.3, 0.4) is 0 Å². The van der Waals surface area contributed by atoms with Gasteiger partial charge in [-0.25, -0.2) is 4.79 Å². The first-order valence-corrected chi connectivity index (χ1v) is 9.82. The zero-order valence-electron chi connectivity index (χ0n) is 17.0. The van der Waals surface area contributed by atoms with E-state index in [2.05, 4.69) is 37.9 Å². The third kappa shape index (κ3) is 5.90. The van der Waals surface area contributed by atoms with Crippen LogP contribution in [-0.2, 0) is 6.54 Å². The summed E-state index contributed by atoms with van der Waals surface area (Å²) >= 11 is 0. The standard InChI is InChI=1S/C21H35N3O2/c1-16(2)14-23(15-18-8-6-10-20(12-18)26-5)21(25)22-13-19-9-7-11-24(19)17(3)4/h6,8,10,12,16-17,19H,7,9,11,13-15H2,1-5H3,(H,22,25). The first kappa shape index (κ1) is 20.6. The highest BCUT2D eigenvalue weighted by molar-refractivity contribution is 5.74. The third-order valence-corrected chi connectivity index (χ3v) is 4.96. The van der Waals surface area contributed by atoms with Gasteiger partial charge in [-0.1, -0.05) is 26.0 Å². The smallest absolute Gasteiger partial charge is 0.317 e. The number of methoxy groups -OCH3 is 1. The minimum Gasteiger partial charge on any atom is -0.497 e. The van der Waals surface area contributed by atoms with Crippen molar-refractivity contribution in [2.75, 3.05) is 26.7 Å². The maximum atomic E-state index is 12.8. The molecule has 0 aliphatic carbocycles. The predicted octanol–water partition coefficient (Wildman–Crippen LogP) is 3.74. The van der Waals surface area contributed by atoms with E-state index in [4.69, 9.17) is 4.74 Å². The average Bonchev–Trinajstić information content (AvgIpc) is 3.07. The van der Waals surface area contributed by atoms with Gasteiger partial charge in [0.15, 0.2) is 0 Å². The predicted molar refractivity (Wildman–Crippen MR) is 107 cm³/mol. The van der Waals surface area contributed by atoms with E-state index in [0.717, 1.165) is 30.9 Å². The SMILES string of the molecule is COc1cccc(CN(CC(C)C)C(=O)NCC2CCCN2C(C)C)c1. The molecule has 2 rings (SSSR count). The highest BCUT2D eigenvalue weighted by Crippen LogP contribution is 2.19. The van der Waals surface area contributed by atoms with Gasteiger partial charge < -0.3 is 15.0 Å². The number of urea groups is 1. The topological polar surface area (TPSA) is 44.8 Å². The molecule has 1 N–H and O–H groups in total. The Morgan fingerprint density at radius 2 is 2.12 bits per heavy atom. The van der Waals surface area contributed by atoms with Crippen molar-refractivity contribution in [2.24, 2.45) is 5.92 Å². The number of ether oxygens (including phenoxy) is 1. The van der Waals surface area contributed by atoms with E-state index in [1.165, 1.54) is 12.8 Å². The molecule has 0 spiro atoms. The highest BCUT2D eigenvalue weighted by atomic mass is 16.5. The molecule has 0 aromatic heterocycles. The lowest BCUT2D eigenvalue weighted by atomic mass is 10.1. The molecule has 1 aromatic rings.